The number of non-ortho nitro benzene ring substituents is 1. The number of hydrogen-bond donors (Lipinski definition) is 0. The second kappa shape index (κ2) is 5.44. The predicted molar refractivity (Wildman–Crippen MR) is 79.2 cm³/mol. The average Bonchev–Trinajstić information content (AvgIpc) is 2.49. The number of hydrogen-bond acceptors (Lipinski definition) is 4. The van der Waals surface area contributed by atoms with Crippen LogP contribution in [0.3, 0.4) is 0 Å². The number of nitro benzene ring substituents is 1. The molecule has 1 atom stereocenters. The van der Waals surface area contributed by atoms with Crippen molar-refractivity contribution in [3.63, 3.8) is 0 Å². The van der Waals surface area contributed by atoms with Crippen LogP contribution in [0.1, 0.15) is 19.8 Å². The van der Waals surface area contributed by atoms with E-state index in [1.165, 1.54) is 12.1 Å². The van der Waals surface area contributed by atoms with E-state index in [9.17, 15) is 14.9 Å². The minimum Gasteiger partial charge on any atom is -0.308 e. The molecule has 0 aromatic heterocycles. The van der Waals surface area contributed by atoms with E-state index >= 15 is 0 Å². The van der Waals surface area contributed by atoms with E-state index in [-0.39, 0.29) is 17.6 Å². The van der Waals surface area contributed by atoms with Crippen molar-refractivity contribution in [3.05, 3.63) is 34.4 Å². The molecule has 3 aliphatic heterocycles. The molecule has 4 rings (SSSR count). The second-order valence-corrected chi connectivity index (χ2v) is 5.87. The van der Waals surface area contributed by atoms with E-state index in [0.717, 1.165) is 38.2 Å². The first-order chi connectivity index (χ1) is 10.1. The summed E-state index contributed by atoms with van der Waals surface area (Å²) in [7, 11) is 0. The molecule has 3 fully saturated rings. The third-order valence-electron chi connectivity index (χ3n) is 4.63. The number of piperidine rings is 3. The molecule has 3 aliphatic rings. The van der Waals surface area contributed by atoms with Gasteiger partial charge in [-0.1, -0.05) is 0 Å². The molecule has 6 nitrogen and oxygen atoms in total. The first-order valence-electron chi connectivity index (χ1n) is 7.33. The van der Waals surface area contributed by atoms with Crippen LogP contribution in [0.2, 0.25) is 0 Å². The maximum absolute atomic E-state index is 12.1. The summed E-state index contributed by atoms with van der Waals surface area (Å²) in [4.78, 5) is 26.6. The van der Waals surface area contributed by atoms with Crippen molar-refractivity contribution < 1.29 is 9.72 Å². The highest BCUT2D eigenvalue weighted by molar-refractivity contribution is 5.92. The van der Waals surface area contributed by atoms with Crippen molar-refractivity contribution in [2.75, 3.05) is 24.5 Å². The molecule has 1 unspecified atom stereocenters. The maximum atomic E-state index is 12.1. The number of rotatable bonds is 3. The van der Waals surface area contributed by atoms with E-state index in [0.29, 0.717) is 5.92 Å². The molecule has 0 spiro atoms. The molecule has 21 heavy (non-hydrogen) atoms. The molecule has 1 aromatic rings. The van der Waals surface area contributed by atoms with Crippen LogP contribution in [-0.4, -0.2) is 41.4 Å². The van der Waals surface area contributed by atoms with Gasteiger partial charge in [-0.3, -0.25) is 14.9 Å². The van der Waals surface area contributed by atoms with Crippen LogP contribution >= 0.6 is 0 Å². The van der Waals surface area contributed by atoms with Crippen LogP contribution in [0.25, 0.3) is 0 Å². The van der Waals surface area contributed by atoms with Crippen LogP contribution < -0.4 is 4.90 Å². The molecule has 6 heteroatoms. The van der Waals surface area contributed by atoms with Gasteiger partial charge in [0.25, 0.3) is 5.69 Å². The number of carbonyl (C=O) groups excluding carboxylic acids is 1. The predicted octanol–water partition coefficient (Wildman–Crippen LogP) is 2.04. The molecule has 1 amide bonds. The Balaban J connectivity index is 1.87. The summed E-state index contributed by atoms with van der Waals surface area (Å²) in [6.45, 7) is 4.71. The third-order valence-corrected chi connectivity index (χ3v) is 4.63. The standard InChI is InChI=1S/C15H19N3O3/c1-11(19)17(13-2-4-14(5-3-13)18(20)21)15-10-16-8-6-12(15)7-9-16/h2-5,12,15H,6-10H2,1H3. The minimum absolute atomic E-state index is 0.00241. The molecule has 0 aliphatic carbocycles. The average molecular weight is 289 g/mol. The monoisotopic (exact) mass is 289 g/mol. The molecule has 0 N–H and O–H groups in total. The summed E-state index contributed by atoms with van der Waals surface area (Å²) >= 11 is 0. The van der Waals surface area contributed by atoms with Crippen molar-refractivity contribution in [1.82, 2.24) is 4.90 Å². The highest BCUT2D eigenvalue weighted by Gasteiger charge is 2.39. The quantitative estimate of drug-likeness (QED) is 0.631. The van der Waals surface area contributed by atoms with Crippen LogP contribution in [0.5, 0.6) is 0 Å². The highest BCUT2D eigenvalue weighted by atomic mass is 16.6. The van der Waals surface area contributed by atoms with Gasteiger partial charge in [-0.05, 0) is 44.0 Å². The molecule has 1 aromatic carbocycles. The van der Waals surface area contributed by atoms with E-state index < -0.39 is 4.92 Å². The molecule has 3 heterocycles. The maximum Gasteiger partial charge on any atom is 0.269 e. The van der Waals surface area contributed by atoms with E-state index in [2.05, 4.69) is 4.90 Å². The highest BCUT2D eigenvalue weighted by Crippen LogP contribution is 2.34. The SMILES string of the molecule is CC(=O)N(c1ccc([N+](=O)[O-])cc1)C1CN2CCC1CC2. The molecule has 0 saturated carbocycles. The number of nitro groups is 1. The Hall–Kier alpha value is -1.95. The fourth-order valence-corrected chi connectivity index (χ4v) is 3.57. The Bertz CT molecular complexity index is 550. The first-order valence-corrected chi connectivity index (χ1v) is 7.33. The molecule has 112 valence electrons. The summed E-state index contributed by atoms with van der Waals surface area (Å²) in [6.07, 6.45) is 2.25. The minimum atomic E-state index is -0.420. The van der Waals surface area contributed by atoms with Crippen molar-refractivity contribution >= 4 is 17.3 Å². The summed E-state index contributed by atoms with van der Waals surface area (Å²) < 4.78 is 0. The Labute approximate surface area is 123 Å². The number of amides is 1. The number of benzene rings is 1. The second-order valence-electron chi connectivity index (χ2n) is 5.87. The lowest BCUT2D eigenvalue weighted by molar-refractivity contribution is -0.384. The number of nitrogens with zero attached hydrogens (tertiary/aromatic N) is 3. The number of anilines is 1. The first kappa shape index (κ1) is 14.0. The zero-order valence-electron chi connectivity index (χ0n) is 12.1. The van der Waals surface area contributed by atoms with Gasteiger partial charge in [-0.25, -0.2) is 0 Å². The van der Waals surface area contributed by atoms with Crippen molar-refractivity contribution in [1.29, 1.82) is 0 Å². The van der Waals surface area contributed by atoms with Gasteiger partial charge in [-0.15, -0.1) is 0 Å². The lowest BCUT2D eigenvalue weighted by Crippen LogP contribution is -2.58. The van der Waals surface area contributed by atoms with Crippen LogP contribution in [-0.2, 0) is 4.79 Å². The number of fused-ring (bicyclic) bond motifs is 3. The van der Waals surface area contributed by atoms with Crippen LogP contribution in [0.15, 0.2) is 24.3 Å². The topological polar surface area (TPSA) is 66.7 Å². The van der Waals surface area contributed by atoms with Gasteiger partial charge in [0.15, 0.2) is 0 Å². The Kier molecular flexibility index (Phi) is 3.63. The summed E-state index contributed by atoms with van der Waals surface area (Å²) in [5.74, 6) is 0.539. The Morgan fingerprint density at radius 1 is 1.29 bits per heavy atom. The van der Waals surface area contributed by atoms with Gasteiger partial charge >= 0.3 is 0 Å². The fourth-order valence-electron chi connectivity index (χ4n) is 3.57. The molecule has 2 bridgehead atoms. The van der Waals surface area contributed by atoms with Crippen LogP contribution in [0.4, 0.5) is 11.4 Å². The van der Waals surface area contributed by atoms with Crippen LogP contribution in [0, 0.1) is 16.0 Å². The van der Waals surface area contributed by atoms with E-state index in [1.807, 2.05) is 4.90 Å². The fraction of sp³-hybridized carbons (Fsp3) is 0.533. The Morgan fingerprint density at radius 2 is 1.90 bits per heavy atom. The van der Waals surface area contributed by atoms with Gasteiger partial charge in [0, 0.05) is 31.3 Å². The summed E-state index contributed by atoms with van der Waals surface area (Å²) in [5.41, 5.74) is 0.808. The largest absolute Gasteiger partial charge is 0.308 e. The van der Waals surface area contributed by atoms with Crippen molar-refractivity contribution in [2.24, 2.45) is 5.92 Å². The zero-order chi connectivity index (χ0) is 15.0. The summed E-state index contributed by atoms with van der Waals surface area (Å²) in [5, 5.41) is 10.7. The molecule has 0 radical (unpaired) electrons. The van der Waals surface area contributed by atoms with E-state index in [4.69, 9.17) is 0 Å². The van der Waals surface area contributed by atoms with E-state index in [1.54, 1.807) is 19.1 Å². The van der Waals surface area contributed by atoms with Crippen molar-refractivity contribution in [2.45, 2.75) is 25.8 Å². The van der Waals surface area contributed by atoms with Gasteiger partial charge in [0.2, 0.25) is 5.91 Å². The third kappa shape index (κ3) is 2.63. The lowest BCUT2D eigenvalue weighted by Gasteiger charge is -2.48. The smallest absolute Gasteiger partial charge is 0.269 e. The molecular formula is C15H19N3O3. The molecular weight excluding hydrogens is 270 g/mol. The normalized spacial score (nSPS) is 27.4. The van der Waals surface area contributed by atoms with Gasteiger partial charge in [0.05, 0.1) is 11.0 Å². The zero-order valence-corrected chi connectivity index (χ0v) is 12.1. The van der Waals surface area contributed by atoms with Gasteiger partial charge in [-0.2, -0.15) is 0 Å². The van der Waals surface area contributed by atoms with Gasteiger partial charge in [0.1, 0.15) is 0 Å². The lowest BCUT2D eigenvalue weighted by atomic mass is 9.83. The van der Waals surface area contributed by atoms with Gasteiger partial charge < -0.3 is 9.80 Å². The van der Waals surface area contributed by atoms with Crippen molar-refractivity contribution in [3.8, 4) is 0 Å². The Morgan fingerprint density at radius 3 is 2.33 bits per heavy atom. The number of carbonyl (C=O) groups is 1. The molecule has 3 saturated heterocycles. The summed E-state index contributed by atoms with van der Waals surface area (Å²) in [6, 6.07) is 6.47.